The number of methoxy groups -OCH3 is 2. The van der Waals surface area contributed by atoms with Gasteiger partial charge in [-0.15, -0.1) is 30.1 Å². The van der Waals surface area contributed by atoms with Crippen molar-refractivity contribution in [3.63, 3.8) is 0 Å². The Balaban J connectivity index is 2.28. The molecule has 0 aliphatic heterocycles. The number of ether oxygens (including phenoxy) is 2. The molecule has 0 bridgehead atoms. The van der Waals surface area contributed by atoms with Crippen LogP contribution in [0.2, 0.25) is 0 Å². The van der Waals surface area contributed by atoms with Gasteiger partial charge >= 0.3 is 0 Å². The van der Waals surface area contributed by atoms with E-state index in [1.54, 1.807) is 37.7 Å². The lowest BCUT2D eigenvalue weighted by Crippen LogP contribution is -2.30. The number of hydrogen-bond donors (Lipinski definition) is 1. The zero-order valence-electron chi connectivity index (χ0n) is 15.7. The Morgan fingerprint density at radius 2 is 1.92 bits per heavy atom. The maximum atomic E-state index is 11.4. The van der Waals surface area contributed by atoms with Crippen LogP contribution in [0, 0.1) is 5.92 Å². The highest BCUT2D eigenvalue weighted by Crippen LogP contribution is 2.57. The molecule has 2 rings (SSSR count). The van der Waals surface area contributed by atoms with E-state index in [4.69, 9.17) is 9.47 Å². The Kier molecular flexibility index (Phi) is 6.94. The SMILES string of the molecule is C=C(C)CC(O)(C=C(SC)SC)C1CC1c1ccc(OC)c(OC)c1. The van der Waals surface area contributed by atoms with Crippen molar-refractivity contribution < 1.29 is 14.6 Å². The van der Waals surface area contributed by atoms with Gasteiger partial charge in [0.2, 0.25) is 0 Å². The van der Waals surface area contributed by atoms with Crippen LogP contribution in [0.3, 0.4) is 0 Å². The maximum Gasteiger partial charge on any atom is 0.160 e. The van der Waals surface area contributed by atoms with Crippen LogP contribution in [0.1, 0.15) is 31.2 Å². The van der Waals surface area contributed by atoms with Crippen molar-refractivity contribution >= 4 is 23.5 Å². The quantitative estimate of drug-likeness (QED) is 0.605. The monoisotopic (exact) mass is 380 g/mol. The molecule has 0 amide bonds. The number of thioether (sulfide) groups is 2. The molecule has 1 aliphatic rings. The van der Waals surface area contributed by atoms with Crippen molar-refractivity contribution in [2.24, 2.45) is 5.92 Å². The lowest BCUT2D eigenvalue weighted by Gasteiger charge is -2.27. The molecule has 0 aromatic heterocycles. The minimum absolute atomic E-state index is 0.191. The van der Waals surface area contributed by atoms with Gasteiger partial charge in [0.1, 0.15) is 0 Å². The topological polar surface area (TPSA) is 38.7 Å². The Bertz CT molecular complexity index is 650. The van der Waals surface area contributed by atoms with Gasteiger partial charge in [-0.1, -0.05) is 11.6 Å². The fraction of sp³-hybridized carbons (Fsp3) is 0.500. The highest BCUT2D eigenvalue weighted by molar-refractivity contribution is 8.21. The summed E-state index contributed by atoms with van der Waals surface area (Å²) < 4.78 is 11.9. The minimum atomic E-state index is -0.856. The Hall–Kier alpha value is -1.04. The Labute approximate surface area is 159 Å². The lowest BCUT2D eigenvalue weighted by atomic mass is 9.88. The highest BCUT2D eigenvalue weighted by atomic mass is 32.2. The lowest BCUT2D eigenvalue weighted by molar-refractivity contribution is 0.0657. The fourth-order valence-electron chi connectivity index (χ4n) is 3.38. The van der Waals surface area contributed by atoms with E-state index in [1.807, 2.05) is 37.6 Å². The number of hydrogen-bond acceptors (Lipinski definition) is 5. The van der Waals surface area contributed by atoms with Crippen LogP contribution < -0.4 is 9.47 Å². The summed E-state index contributed by atoms with van der Waals surface area (Å²) in [6, 6.07) is 6.03. The summed E-state index contributed by atoms with van der Waals surface area (Å²) in [4.78, 5) is 0. The minimum Gasteiger partial charge on any atom is -0.493 e. The molecule has 1 saturated carbocycles. The van der Waals surface area contributed by atoms with Crippen molar-refractivity contribution in [1.82, 2.24) is 0 Å². The molecule has 1 aromatic rings. The molecule has 3 atom stereocenters. The molecule has 1 aromatic carbocycles. The summed E-state index contributed by atoms with van der Waals surface area (Å²) in [5, 5.41) is 11.4. The van der Waals surface area contributed by atoms with Crippen LogP contribution in [0.25, 0.3) is 0 Å². The summed E-state index contributed by atoms with van der Waals surface area (Å²) in [7, 11) is 3.29. The van der Waals surface area contributed by atoms with Crippen LogP contribution in [0.4, 0.5) is 0 Å². The van der Waals surface area contributed by atoms with Crippen molar-refractivity contribution in [3.05, 3.63) is 46.2 Å². The van der Waals surface area contributed by atoms with E-state index in [-0.39, 0.29) is 5.92 Å². The summed E-state index contributed by atoms with van der Waals surface area (Å²) >= 11 is 3.35. The molecule has 138 valence electrons. The van der Waals surface area contributed by atoms with Crippen molar-refractivity contribution in [1.29, 1.82) is 0 Å². The predicted molar refractivity (Wildman–Crippen MR) is 110 cm³/mol. The van der Waals surface area contributed by atoms with Gasteiger partial charge in [-0.2, -0.15) is 0 Å². The molecule has 0 heterocycles. The van der Waals surface area contributed by atoms with E-state index in [9.17, 15) is 5.11 Å². The summed E-state index contributed by atoms with van der Waals surface area (Å²) in [6.45, 7) is 5.99. The van der Waals surface area contributed by atoms with Crippen molar-refractivity contribution in [3.8, 4) is 11.5 Å². The summed E-state index contributed by atoms with van der Waals surface area (Å²) in [5.74, 6) is 1.98. The number of rotatable bonds is 9. The molecule has 3 nitrogen and oxygen atoms in total. The predicted octanol–water partition coefficient (Wildman–Crippen LogP) is 5.07. The number of benzene rings is 1. The van der Waals surface area contributed by atoms with E-state index >= 15 is 0 Å². The third-order valence-electron chi connectivity index (χ3n) is 4.62. The Morgan fingerprint density at radius 1 is 1.28 bits per heavy atom. The smallest absolute Gasteiger partial charge is 0.160 e. The first-order chi connectivity index (χ1) is 11.9. The first-order valence-corrected chi connectivity index (χ1v) is 10.7. The third-order valence-corrected chi connectivity index (χ3v) is 6.66. The first kappa shape index (κ1) is 20.3. The maximum absolute atomic E-state index is 11.4. The van der Waals surface area contributed by atoms with Gasteiger partial charge < -0.3 is 14.6 Å². The molecule has 0 radical (unpaired) electrons. The van der Waals surface area contributed by atoms with Crippen LogP contribution in [0.5, 0.6) is 11.5 Å². The molecule has 0 saturated heterocycles. The standard InChI is InChI=1S/C20H28O3S2/c1-13(2)11-20(21,12-19(24-5)25-6)16-10-15(16)14-7-8-17(22-3)18(9-14)23-4/h7-9,12,15-16,21H,1,10-11H2,2-6H3. The largest absolute Gasteiger partial charge is 0.493 e. The molecule has 3 unspecified atom stereocenters. The molecular weight excluding hydrogens is 352 g/mol. The van der Waals surface area contributed by atoms with E-state index in [0.29, 0.717) is 12.3 Å². The zero-order valence-corrected chi connectivity index (χ0v) is 17.3. The van der Waals surface area contributed by atoms with Gasteiger partial charge in [-0.3, -0.25) is 0 Å². The van der Waals surface area contributed by atoms with Crippen LogP contribution >= 0.6 is 23.5 Å². The Morgan fingerprint density at radius 3 is 2.44 bits per heavy atom. The normalized spacial score (nSPS) is 21.2. The zero-order chi connectivity index (χ0) is 18.6. The van der Waals surface area contributed by atoms with Gasteiger partial charge in [0, 0.05) is 10.7 Å². The molecule has 5 heteroatoms. The molecule has 1 fully saturated rings. The van der Waals surface area contributed by atoms with Gasteiger partial charge in [0.15, 0.2) is 11.5 Å². The van der Waals surface area contributed by atoms with Crippen molar-refractivity contribution in [2.75, 3.05) is 26.7 Å². The second kappa shape index (κ2) is 8.56. The molecule has 25 heavy (non-hydrogen) atoms. The third kappa shape index (κ3) is 4.78. The van der Waals surface area contributed by atoms with Gasteiger partial charge in [-0.05, 0) is 61.5 Å². The first-order valence-electron chi connectivity index (χ1n) is 8.28. The second-order valence-electron chi connectivity index (χ2n) is 6.56. The second-order valence-corrected chi connectivity index (χ2v) is 8.51. The summed E-state index contributed by atoms with van der Waals surface area (Å²) in [5.41, 5.74) is 1.33. The van der Waals surface area contributed by atoms with Crippen LogP contribution in [-0.4, -0.2) is 37.4 Å². The fourth-order valence-corrected chi connectivity index (χ4v) is 4.69. The van der Waals surface area contributed by atoms with Gasteiger partial charge in [-0.25, -0.2) is 0 Å². The van der Waals surface area contributed by atoms with Crippen molar-refractivity contribution in [2.45, 2.75) is 31.3 Å². The highest BCUT2D eigenvalue weighted by Gasteiger charge is 2.51. The van der Waals surface area contributed by atoms with Crippen LogP contribution in [0.15, 0.2) is 40.7 Å². The van der Waals surface area contributed by atoms with E-state index in [0.717, 1.165) is 27.7 Å². The average molecular weight is 381 g/mol. The molecule has 1 aliphatic carbocycles. The summed E-state index contributed by atoms with van der Waals surface area (Å²) in [6.07, 6.45) is 7.67. The van der Waals surface area contributed by atoms with Gasteiger partial charge in [0.25, 0.3) is 0 Å². The van der Waals surface area contributed by atoms with E-state index < -0.39 is 5.60 Å². The van der Waals surface area contributed by atoms with Crippen LogP contribution in [-0.2, 0) is 0 Å². The number of aliphatic hydroxyl groups is 1. The molecule has 0 spiro atoms. The molecular formula is C20H28O3S2. The van der Waals surface area contributed by atoms with E-state index in [1.165, 1.54) is 5.56 Å². The van der Waals surface area contributed by atoms with Gasteiger partial charge in [0.05, 0.1) is 19.8 Å². The molecule has 1 N–H and O–H groups in total. The van der Waals surface area contributed by atoms with E-state index in [2.05, 4.69) is 12.6 Å². The average Bonchev–Trinajstić information content (AvgIpc) is 3.40.